The molecular weight excluding hydrogens is 278 g/mol. The van der Waals surface area contributed by atoms with Gasteiger partial charge in [0.25, 0.3) is 5.91 Å². The maximum atomic E-state index is 12.9. The van der Waals surface area contributed by atoms with Crippen LogP contribution in [0.25, 0.3) is 0 Å². The number of nitrogens with zero attached hydrogens (tertiary/aromatic N) is 2. The van der Waals surface area contributed by atoms with Crippen LogP contribution in [0, 0.1) is 6.92 Å². The van der Waals surface area contributed by atoms with Gasteiger partial charge in [-0.1, -0.05) is 13.8 Å². The van der Waals surface area contributed by atoms with E-state index in [2.05, 4.69) is 23.7 Å². The van der Waals surface area contributed by atoms with E-state index in [1.807, 2.05) is 11.8 Å². The predicted octanol–water partition coefficient (Wildman–Crippen LogP) is 2.26. The van der Waals surface area contributed by atoms with Crippen LogP contribution in [0.3, 0.4) is 0 Å². The van der Waals surface area contributed by atoms with Gasteiger partial charge in [0.05, 0.1) is 11.3 Å². The van der Waals surface area contributed by atoms with E-state index in [9.17, 15) is 9.59 Å². The zero-order valence-corrected chi connectivity index (χ0v) is 13.9. The summed E-state index contributed by atoms with van der Waals surface area (Å²) >= 11 is 0. The van der Waals surface area contributed by atoms with Crippen molar-refractivity contribution in [1.82, 2.24) is 14.8 Å². The van der Waals surface area contributed by atoms with E-state index < -0.39 is 0 Å². The largest absolute Gasteiger partial charge is 0.355 e. The number of likely N-dealkylation sites (N-methyl/N-ethyl adjacent to an activating group) is 1. The van der Waals surface area contributed by atoms with Crippen molar-refractivity contribution in [2.24, 2.45) is 0 Å². The van der Waals surface area contributed by atoms with E-state index in [1.54, 1.807) is 0 Å². The molecule has 0 saturated heterocycles. The smallest absolute Gasteiger partial charge is 0.256 e. The normalized spacial score (nSPS) is 15.6. The molecule has 0 saturated carbocycles. The highest BCUT2D eigenvalue weighted by atomic mass is 16.2. The first-order valence-electron chi connectivity index (χ1n) is 8.30. The Bertz CT molecular complexity index is 532. The lowest BCUT2D eigenvalue weighted by Gasteiger charge is -2.28. The average Bonchev–Trinajstić information content (AvgIpc) is 2.83. The number of aldehydes is 1. The molecule has 2 heterocycles. The molecule has 0 atom stereocenters. The second-order valence-corrected chi connectivity index (χ2v) is 5.91. The van der Waals surface area contributed by atoms with Crippen LogP contribution in [0.4, 0.5) is 0 Å². The number of rotatable bonds is 6. The molecule has 0 unspecified atom stereocenters. The van der Waals surface area contributed by atoms with Crippen LogP contribution in [-0.4, -0.2) is 59.7 Å². The molecule has 0 spiro atoms. The fourth-order valence-electron chi connectivity index (χ4n) is 3.15. The molecule has 1 N–H and O–H groups in total. The summed E-state index contributed by atoms with van der Waals surface area (Å²) in [6, 6.07) is 0. The number of amides is 1. The Morgan fingerprint density at radius 2 is 2.00 bits per heavy atom. The Kier molecular flexibility index (Phi) is 5.77. The predicted molar refractivity (Wildman–Crippen MR) is 87.5 cm³/mol. The quantitative estimate of drug-likeness (QED) is 0.820. The number of aryl methyl sites for hydroxylation is 1. The lowest BCUT2D eigenvalue weighted by molar-refractivity contribution is 0.0728. The minimum absolute atomic E-state index is 0.0729. The molecule has 1 aliphatic heterocycles. The number of carbonyl (C=O) groups is 2. The molecule has 2 rings (SSSR count). The Labute approximate surface area is 132 Å². The minimum atomic E-state index is 0.0729. The number of aromatic amines is 1. The Morgan fingerprint density at radius 1 is 1.27 bits per heavy atom. The van der Waals surface area contributed by atoms with Gasteiger partial charge in [-0.2, -0.15) is 0 Å². The van der Waals surface area contributed by atoms with E-state index in [4.69, 9.17) is 0 Å². The molecule has 1 aromatic rings. The summed E-state index contributed by atoms with van der Waals surface area (Å²) in [5.74, 6) is 0.0729. The van der Waals surface area contributed by atoms with E-state index in [-0.39, 0.29) is 5.91 Å². The van der Waals surface area contributed by atoms with Gasteiger partial charge in [-0.25, -0.2) is 0 Å². The SMILES string of the molecule is CCN(CC)CCN1CCCCc2[nH]c(C=O)c(C)c2C1=O. The fraction of sp³-hybridized carbons (Fsp3) is 0.647. The van der Waals surface area contributed by atoms with Crippen molar-refractivity contribution in [3.63, 3.8) is 0 Å². The van der Waals surface area contributed by atoms with Crippen LogP contribution in [0.5, 0.6) is 0 Å². The summed E-state index contributed by atoms with van der Waals surface area (Å²) in [7, 11) is 0. The van der Waals surface area contributed by atoms with Crippen LogP contribution in [0.15, 0.2) is 0 Å². The number of nitrogens with one attached hydrogen (secondary N) is 1. The molecule has 0 bridgehead atoms. The third-order valence-corrected chi connectivity index (χ3v) is 4.67. The summed E-state index contributed by atoms with van der Waals surface area (Å²) in [6.45, 7) is 10.6. The zero-order chi connectivity index (χ0) is 16.1. The summed E-state index contributed by atoms with van der Waals surface area (Å²) in [6.07, 6.45) is 3.71. The van der Waals surface area contributed by atoms with E-state index in [1.165, 1.54) is 0 Å². The minimum Gasteiger partial charge on any atom is -0.355 e. The summed E-state index contributed by atoms with van der Waals surface area (Å²) in [4.78, 5) is 31.4. The molecule has 5 nitrogen and oxygen atoms in total. The number of hydrogen-bond donors (Lipinski definition) is 1. The lowest BCUT2D eigenvalue weighted by atomic mass is 10.0. The Balaban J connectivity index is 2.21. The van der Waals surface area contributed by atoms with Crippen molar-refractivity contribution in [3.05, 3.63) is 22.5 Å². The fourth-order valence-corrected chi connectivity index (χ4v) is 3.15. The van der Waals surface area contributed by atoms with Crippen LogP contribution >= 0.6 is 0 Å². The lowest BCUT2D eigenvalue weighted by Crippen LogP contribution is -2.40. The summed E-state index contributed by atoms with van der Waals surface area (Å²) in [5, 5.41) is 0. The van der Waals surface area contributed by atoms with Crippen molar-refractivity contribution in [1.29, 1.82) is 0 Å². The molecule has 0 fully saturated rings. The van der Waals surface area contributed by atoms with E-state index >= 15 is 0 Å². The Morgan fingerprint density at radius 3 is 2.64 bits per heavy atom. The first kappa shape index (κ1) is 16.7. The van der Waals surface area contributed by atoms with Crippen molar-refractivity contribution in [2.75, 3.05) is 32.7 Å². The van der Waals surface area contributed by atoms with Crippen LogP contribution in [0.1, 0.15) is 58.8 Å². The molecule has 5 heteroatoms. The van der Waals surface area contributed by atoms with Gasteiger partial charge in [0.15, 0.2) is 6.29 Å². The average molecular weight is 305 g/mol. The van der Waals surface area contributed by atoms with Gasteiger partial charge in [0.2, 0.25) is 0 Å². The van der Waals surface area contributed by atoms with E-state index in [0.29, 0.717) is 5.69 Å². The van der Waals surface area contributed by atoms with Crippen molar-refractivity contribution < 1.29 is 9.59 Å². The van der Waals surface area contributed by atoms with Gasteiger partial charge in [-0.15, -0.1) is 0 Å². The number of hydrogen-bond acceptors (Lipinski definition) is 3. The molecule has 1 aliphatic rings. The molecule has 22 heavy (non-hydrogen) atoms. The molecule has 0 radical (unpaired) electrons. The van der Waals surface area contributed by atoms with Crippen LogP contribution < -0.4 is 0 Å². The number of fused-ring (bicyclic) bond motifs is 1. The van der Waals surface area contributed by atoms with Gasteiger partial charge in [0, 0.05) is 25.3 Å². The topological polar surface area (TPSA) is 56.4 Å². The maximum Gasteiger partial charge on any atom is 0.256 e. The standard InChI is InChI=1S/C17H27N3O2/c1-4-19(5-2)10-11-20-9-7-6-8-14-16(17(20)22)13(3)15(12-21)18-14/h12,18H,4-11H2,1-3H3. The van der Waals surface area contributed by atoms with Crippen molar-refractivity contribution in [2.45, 2.75) is 40.0 Å². The highest BCUT2D eigenvalue weighted by Gasteiger charge is 2.26. The van der Waals surface area contributed by atoms with Gasteiger partial charge < -0.3 is 14.8 Å². The number of H-pyrrole nitrogens is 1. The molecule has 1 aromatic heterocycles. The second-order valence-electron chi connectivity index (χ2n) is 5.91. The number of aromatic nitrogens is 1. The molecular formula is C17H27N3O2. The highest BCUT2D eigenvalue weighted by molar-refractivity contribution is 5.99. The van der Waals surface area contributed by atoms with Gasteiger partial charge in [-0.05, 0) is 44.8 Å². The summed E-state index contributed by atoms with van der Waals surface area (Å²) in [5.41, 5.74) is 2.99. The Hall–Kier alpha value is -1.62. The van der Waals surface area contributed by atoms with Crippen molar-refractivity contribution in [3.8, 4) is 0 Å². The first-order chi connectivity index (χ1) is 10.6. The van der Waals surface area contributed by atoms with Crippen LogP contribution in [0.2, 0.25) is 0 Å². The van der Waals surface area contributed by atoms with Gasteiger partial charge in [-0.3, -0.25) is 9.59 Å². The highest BCUT2D eigenvalue weighted by Crippen LogP contribution is 2.23. The maximum absolute atomic E-state index is 12.9. The third-order valence-electron chi connectivity index (χ3n) is 4.67. The van der Waals surface area contributed by atoms with Gasteiger partial charge in [0.1, 0.15) is 0 Å². The molecule has 0 aliphatic carbocycles. The number of carbonyl (C=O) groups excluding carboxylic acids is 2. The monoisotopic (exact) mass is 305 g/mol. The summed E-state index contributed by atoms with van der Waals surface area (Å²) < 4.78 is 0. The first-order valence-corrected chi connectivity index (χ1v) is 8.30. The van der Waals surface area contributed by atoms with E-state index in [0.717, 1.165) is 75.1 Å². The molecule has 1 amide bonds. The molecule has 0 aromatic carbocycles. The van der Waals surface area contributed by atoms with Gasteiger partial charge >= 0.3 is 0 Å². The van der Waals surface area contributed by atoms with Crippen LogP contribution in [-0.2, 0) is 6.42 Å². The van der Waals surface area contributed by atoms with Crippen molar-refractivity contribution >= 4 is 12.2 Å². The zero-order valence-electron chi connectivity index (χ0n) is 13.9. The molecule has 122 valence electrons. The second kappa shape index (κ2) is 7.58. The third kappa shape index (κ3) is 3.40.